The van der Waals surface area contributed by atoms with Crippen LogP contribution < -0.4 is 11.5 Å². The molecular formula is C24H26F2N4O2S. The third kappa shape index (κ3) is 4.40. The Morgan fingerprint density at radius 2 is 1.97 bits per heavy atom. The van der Waals surface area contributed by atoms with Gasteiger partial charge in [0.2, 0.25) is 0 Å². The van der Waals surface area contributed by atoms with Crippen LogP contribution in [-0.2, 0) is 6.42 Å². The molecule has 1 fully saturated rings. The Morgan fingerprint density at radius 3 is 2.64 bits per heavy atom. The maximum Gasteiger partial charge on any atom is 0.188 e. The van der Waals surface area contributed by atoms with Crippen molar-refractivity contribution in [1.82, 2.24) is 9.97 Å². The lowest BCUT2D eigenvalue weighted by Gasteiger charge is -2.44. The van der Waals surface area contributed by atoms with Crippen molar-refractivity contribution in [2.75, 3.05) is 5.73 Å². The topological polar surface area (TPSA) is 115 Å². The van der Waals surface area contributed by atoms with Crippen LogP contribution in [0.15, 0.2) is 36.7 Å². The first-order valence-electron chi connectivity index (χ1n) is 10.7. The van der Waals surface area contributed by atoms with Gasteiger partial charge in [-0.15, -0.1) is 0 Å². The molecule has 4 atom stereocenters. The molecule has 1 aliphatic carbocycles. The second-order valence-corrected chi connectivity index (χ2v) is 9.94. The number of ketones is 1. The molecule has 33 heavy (non-hydrogen) atoms. The van der Waals surface area contributed by atoms with Crippen molar-refractivity contribution in [3.05, 3.63) is 65.1 Å². The summed E-state index contributed by atoms with van der Waals surface area (Å²) in [6.45, 7) is 3.73. The van der Waals surface area contributed by atoms with E-state index in [1.54, 1.807) is 19.3 Å². The predicted octanol–water partition coefficient (Wildman–Crippen LogP) is 4.08. The number of pyridine rings is 1. The number of hydrogen-bond donors (Lipinski definition) is 3. The third-order valence-corrected chi connectivity index (χ3v) is 7.65. The van der Waals surface area contributed by atoms with Gasteiger partial charge in [0.05, 0.1) is 11.2 Å². The summed E-state index contributed by atoms with van der Waals surface area (Å²) in [4.78, 5) is 21.4. The third-order valence-electron chi connectivity index (χ3n) is 6.75. The summed E-state index contributed by atoms with van der Waals surface area (Å²) in [7, 11) is 0. The lowest BCUT2D eigenvalue weighted by Crippen LogP contribution is -2.54. The quantitative estimate of drug-likeness (QED) is 0.482. The minimum Gasteiger partial charge on any atom is -0.389 e. The zero-order valence-electron chi connectivity index (χ0n) is 18.4. The van der Waals surface area contributed by atoms with Gasteiger partial charge in [0.15, 0.2) is 5.78 Å². The fourth-order valence-corrected chi connectivity index (χ4v) is 5.41. The molecule has 6 nitrogen and oxygen atoms in total. The molecule has 5 N–H and O–H groups in total. The molecular weight excluding hydrogens is 446 g/mol. The minimum absolute atomic E-state index is 0.00713. The Hall–Kier alpha value is -2.75. The number of nitrogens with zero attached hydrogens (tertiary/aromatic N) is 2. The molecule has 2 aromatic heterocycles. The lowest BCUT2D eigenvalue weighted by atomic mass is 9.67. The predicted molar refractivity (Wildman–Crippen MR) is 124 cm³/mol. The first-order valence-corrected chi connectivity index (χ1v) is 11.6. The molecule has 0 amide bonds. The van der Waals surface area contributed by atoms with Crippen LogP contribution in [0.3, 0.4) is 0 Å². The summed E-state index contributed by atoms with van der Waals surface area (Å²) >= 11 is 0.873. The van der Waals surface area contributed by atoms with Gasteiger partial charge >= 0.3 is 0 Å². The van der Waals surface area contributed by atoms with Crippen LogP contribution in [0.5, 0.6) is 0 Å². The van der Waals surface area contributed by atoms with Crippen LogP contribution in [0, 0.1) is 17.6 Å². The van der Waals surface area contributed by atoms with Crippen LogP contribution in [0.25, 0.3) is 10.6 Å². The molecule has 0 saturated heterocycles. The number of aliphatic hydroxyl groups is 1. The second-order valence-electron chi connectivity index (χ2n) is 8.90. The normalized spacial score (nSPS) is 25.2. The molecule has 4 rings (SSSR count). The fourth-order valence-electron chi connectivity index (χ4n) is 4.51. The van der Waals surface area contributed by atoms with E-state index in [9.17, 15) is 18.7 Å². The monoisotopic (exact) mass is 472 g/mol. The zero-order chi connectivity index (χ0) is 23.9. The Kier molecular flexibility index (Phi) is 6.30. The summed E-state index contributed by atoms with van der Waals surface area (Å²) in [6, 6.07) is 5.00. The van der Waals surface area contributed by atoms with E-state index in [0.717, 1.165) is 41.0 Å². The maximum atomic E-state index is 14.2. The van der Waals surface area contributed by atoms with Crippen LogP contribution in [0.1, 0.15) is 54.2 Å². The SMILES string of the molecule is C[C@H]1C[C@@H](c2ccncc2CC(=O)c2nc(-c3c(F)cccc3F)sc2N)C[C@@H](N)[C@]1(C)O. The molecule has 0 radical (unpaired) electrons. The standard InChI is InChI=1S/C24H26F2N4O2S/c1-12-8-13(10-19(27)24(12,2)32)15-6-7-29-11-14(15)9-18(31)21-22(28)33-23(30-21)20-16(25)4-3-5-17(20)26/h3-7,11-13,19,32H,8-10,27-28H2,1-2H3/t12-,13+,19+,24+/m0/s1. The number of rotatable bonds is 5. The molecule has 0 bridgehead atoms. The van der Waals surface area contributed by atoms with Gasteiger partial charge in [-0.05, 0) is 60.9 Å². The molecule has 174 valence electrons. The van der Waals surface area contributed by atoms with Crippen LogP contribution in [0.4, 0.5) is 13.8 Å². The molecule has 0 unspecified atom stereocenters. The van der Waals surface area contributed by atoms with E-state index in [2.05, 4.69) is 9.97 Å². The summed E-state index contributed by atoms with van der Waals surface area (Å²) in [5.41, 5.74) is 12.7. The smallest absolute Gasteiger partial charge is 0.188 e. The Balaban J connectivity index is 1.61. The van der Waals surface area contributed by atoms with Gasteiger partial charge in [-0.1, -0.05) is 24.3 Å². The second kappa shape index (κ2) is 8.89. The van der Waals surface area contributed by atoms with Crippen molar-refractivity contribution in [3.8, 4) is 10.6 Å². The Morgan fingerprint density at radius 1 is 1.27 bits per heavy atom. The lowest BCUT2D eigenvalue weighted by molar-refractivity contribution is -0.0464. The van der Waals surface area contributed by atoms with Crippen molar-refractivity contribution in [1.29, 1.82) is 0 Å². The molecule has 1 saturated carbocycles. The highest BCUT2D eigenvalue weighted by molar-refractivity contribution is 7.19. The number of benzene rings is 1. The van der Waals surface area contributed by atoms with Gasteiger partial charge in [-0.3, -0.25) is 9.78 Å². The van der Waals surface area contributed by atoms with E-state index in [1.807, 2.05) is 13.0 Å². The zero-order valence-corrected chi connectivity index (χ0v) is 19.2. The number of hydrogen-bond acceptors (Lipinski definition) is 7. The number of Topliss-reactive ketones (excluding diaryl/α,β-unsaturated/α-hetero) is 1. The van der Waals surface area contributed by atoms with E-state index in [0.29, 0.717) is 6.42 Å². The summed E-state index contributed by atoms with van der Waals surface area (Å²) < 4.78 is 28.3. The van der Waals surface area contributed by atoms with Crippen molar-refractivity contribution in [2.45, 2.75) is 50.7 Å². The number of halogens is 2. The van der Waals surface area contributed by atoms with Crippen molar-refractivity contribution >= 4 is 22.1 Å². The summed E-state index contributed by atoms with van der Waals surface area (Å²) in [5.74, 6) is -1.85. The minimum atomic E-state index is -0.951. The average Bonchev–Trinajstić information content (AvgIpc) is 3.13. The molecule has 0 aliphatic heterocycles. The maximum absolute atomic E-state index is 14.2. The number of nitrogen functional groups attached to an aromatic ring is 1. The van der Waals surface area contributed by atoms with Gasteiger partial charge in [-0.2, -0.15) is 0 Å². The average molecular weight is 473 g/mol. The highest BCUT2D eigenvalue weighted by atomic mass is 32.1. The summed E-state index contributed by atoms with van der Waals surface area (Å²) in [6.07, 6.45) is 4.60. The van der Waals surface area contributed by atoms with E-state index < -0.39 is 23.3 Å². The highest BCUT2D eigenvalue weighted by Gasteiger charge is 2.42. The number of carbonyl (C=O) groups is 1. The molecule has 1 aromatic carbocycles. The van der Waals surface area contributed by atoms with Crippen molar-refractivity contribution in [3.63, 3.8) is 0 Å². The molecule has 3 aromatic rings. The van der Waals surface area contributed by atoms with Gasteiger partial charge in [0.1, 0.15) is 27.3 Å². The van der Waals surface area contributed by atoms with Gasteiger partial charge in [0.25, 0.3) is 0 Å². The van der Waals surface area contributed by atoms with E-state index >= 15 is 0 Å². The van der Waals surface area contributed by atoms with Gasteiger partial charge in [0, 0.05) is 24.9 Å². The van der Waals surface area contributed by atoms with Gasteiger partial charge in [-0.25, -0.2) is 13.8 Å². The number of anilines is 1. The highest BCUT2D eigenvalue weighted by Crippen LogP contribution is 2.42. The van der Waals surface area contributed by atoms with E-state index in [4.69, 9.17) is 11.5 Å². The fraction of sp³-hybridized carbons (Fsp3) is 0.375. The van der Waals surface area contributed by atoms with E-state index in [1.165, 1.54) is 6.07 Å². The van der Waals surface area contributed by atoms with Crippen LogP contribution in [-0.4, -0.2) is 32.5 Å². The van der Waals surface area contributed by atoms with Crippen molar-refractivity contribution in [2.24, 2.45) is 11.7 Å². The number of carbonyl (C=O) groups excluding carboxylic acids is 1. The Bertz CT molecular complexity index is 1160. The molecule has 2 heterocycles. The number of aromatic nitrogens is 2. The van der Waals surface area contributed by atoms with Crippen LogP contribution >= 0.6 is 11.3 Å². The van der Waals surface area contributed by atoms with Gasteiger partial charge < -0.3 is 16.6 Å². The molecule has 1 aliphatic rings. The van der Waals surface area contributed by atoms with Crippen molar-refractivity contribution < 1.29 is 18.7 Å². The number of thiazole rings is 1. The largest absolute Gasteiger partial charge is 0.389 e. The first kappa shape index (κ1) is 23.4. The van der Waals surface area contributed by atoms with E-state index in [-0.39, 0.29) is 45.3 Å². The number of nitrogens with two attached hydrogens (primary N) is 2. The molecule has 0 spiro atoms. The molecule has 9 heteroatoms. The summed E-state index contributed by atoms with van der Waals surface area (Å²) in [5, 5.41) is 10.8. The first-order chi connectivity index (χ1) is 15.6. The van der Waals surface area contributed by atoms with Crippen LogP contribution in [0.2, 0.25) is 0 Å². The Labute approximate surface area is 194 Å².